The number of carbonyl (C=O) groups excluding carboxylic acids is 2. The maximum atomic E-state index is 12.8. The van der Waals surface area contributed by atoms with Gasteiger partial charge in [-0.05, 0) is 31.9 Å². The van der Waals surface area contributed by atoms with Crippen LogP contribution >= 0.6 is 11.3 Å². The number of thiazole rings is 1. The lowest BCUT2D eigenvalue weighted by Gasteiger charge is -2.35. The number of nitrogens with zero attached hydrogens (tertiary/aromatic N) is 3. The summed E-state index contributed by atoms with van der Waals surface area (Å²) in [7, 11) is 0. The molecule has 0 saturated carbocycles. The fraction of sp³-hybridized carbons (Fsp3) is 0.571. The van der Waals surface area contributed by atoms with E-state index < -0.39 is 0 Å². The Morgan fingerprint density at radius 1 is 1.21 bits per heavy atom. The largest absolute Gasteiger partial charge is 0.450 e. The van der Waals surface area contributed by atoms with Crippen LogP contribution in [0.1, 0.15) is 30.7 Å². The van der Waals surface area contributed by atoms with Crippen LogP contribution in [0.25, 0.3) is 10.2 Å². The third kappa shape index (κ3) is 4.70. The van der Waals surface area contributed by atoms with E-state index in [1.54, 1.807) is 23.2 Å². The first kappa shape index (κ1) is 20.1. The molecule has 2 aromatic rings. The highest BCUT2D eigenvalue weighted by molar-refractivity contribution is 7.18. The number of ether oxygens (including phenoxy) is 1. The van der Waals surface area contributed by atoms with Gasteiger partial charge in [-0.15, -0.1) is 11.3 Å². The molecule has 1 aromatic carbocycles. The molecule has 3 heterocycles. The molecule has 0 bridgehead atoms. The fourth-order valence-corrected chi connectivity index (χ4v) is 5.37. The molecule has 2 amide bonds. The maximum absolute atomic E-state index is 12.8. The van der Waals surface area contributed by atoms with Crippen molar-refractivity contribution in [3.05, 3.63) is 29.3 Å². The molecule has 0 spiro atoms. The second kappa shape index (κ2) is 9.09. The van der Waals surface area contributed by atoms with E-state index in [-0.39, 0.29) is 12.0 Å². The highest BCUT2D eigenvalue weighted by Gasteiger charge is 2.31. The monoisotopic (exact) mass is 417 g/mol. The van der Waals surface area contributed by atoms with Crippen molar-refractivity contribution in [2.45, 2.75) is 25.7 Å². The van der Waals surface area contributed by atoms with Gasteiger partial charge in [0.1, 0.15) is 5.01 Å². The molecule has 4 rings (SSSR count). The molecular weight excluding hydrogens is 388 g/mol. The molecule has 1 N–H and O–H groups in total. The quantitative estimate of drug-likeness (QED) is 0.816. The van der Waals surface area contributed by atoms with Gasteiger partial charge in [-0.2, -0.15) is 0 Å². The number of carbonyl (C=O) groups is 2. The average Bonchev–Trinajstić information content (AvgIpc) is 3.19. The summed E-state index contributed by atoms with van der Waals surface area (Å²) in [5, 5.41) is 1.21. The third-order valence-electron chi connectivity index (χ3n) is 5.84. The Balaban J connectivity index is 1.30. The van der Waals surface area contributed by atoms with Crippen molar-refractivity contribution in [1.82, 2.24) is 14.8 Å². The minimum absolute atomic E-state index is 0.188. The average molecular weight is 418 g/mol. The lowest BCUT2D eigenvalue weighted by molar-refractivity contribution is -0.898. The van der Waals surface area contributed by atoms with Gasteiger partial charge in [-0.25, -0.2) is 9.78 Å². The van der Waals surface area contributed by atoms with E-state index in [1.165, 1.54) is 14.6 Å². The van der Waals surface area contributed by atoms with Gasteiger partial charge in [-0.1, -0.05) is 12.1 Å². The first-order chi connectivity index (χ1) is 14.1. The van der Waals surface area contributed by atoms with Crippen molar-refractivity contribution in [1.29, 1.82) is 0 Å². The van der Waals surface area contributed by atoms with E-state index >= 15 is 0 Å². The van der Waals surface area contributed by atoms with E-state index in [1.807, 2.05) is 11.0 Å². The minimum atomic E-state index is -0.278. The lowest BCUT2D eigenvalue weighted by Crippen LogP contribution is -3.14. The molecule has 7 nitrogen and oxygen atoms in total. The molecule has 2 aliphatic heterocycles. The predicted octanol–water partition coefficient (Wildman–Crippen LogP) is 1.36. The summed E-state index contributed by atoms with van der Waals surface area (Å²) in [5.74, 6) is 0.623. The topological polar surface area (TPSA) is 67.2 Å². The van der Waals surface area contributed by atoms with Crippen LogP contribution in [0.15, 0.2) is 24.3 Å². The van der Waals surface area contributed by atoms with Crippen LogP contribution in [0.2, 0.25) is 0 Å². The number of likely N-dealkylation sites (tertiary alicyclic amines) is 1. The molecule has 0 radical (unpaired) electrons. The van der Waals surface area contributed by atoms with Gasteiger partial charge in [0.25, 0.3) is 5.91 Å². The van der Waals surface area contributed by atoms with Crippen molar-refractivity contribution in [3.8, 4) is 0 Å². The number of aromatic nitrogens is 1. The molecule has 2 saturated heterocycles. The van der Waals surface area contributed by atoms with Crippen LogP contribution < -0.4 is 4.90 Å². The van der Waals surface area contributed by atoms with Gasteiger partial charge in [0.15, 0.2) is 6.54 Å². The molecule has 8 heteroatoms. The van der Waals surface area contributed by atoms with Crippen LogP contribution in [0, 0.1) is 0 Å². The number of nitrogens with one attached hydrogen (secondary N) is 1. The van der Waals surface area contributed by atoms with Gasteiger partial charge >= 0.3 is 6.09 Å². The van der Waals surface area contributed by atoms with Crippen molar-refractivity contribution in [3.63, 3.8) is 0 Å². The number of amides is 2. The third-order valence-corrected chi connectivity index (χ3v) is 7.04. The Morgan fingerprint density at radius 3 is 2.72 bits per heavy atom. The number of piperazine rings is 1. The lowest BCUT2D eigenvalue weighted by atomic mass is 9.98. The minimum Gasteiger partial charge on any atom is -0.450 e. The van der Waals surface area contributed by atoms with Gasteiger partial charge in [0.05, 0.1) is 35.8 Å². The van der Waals surface area contributed by atoms with Crippen LogP contribution in [0.3, 0.4) is 0 Å². The summed E-state index contributed by atoms with van der Waals surface area (Å²) in [6.07, 6.45) is 2.00. The zero-order chi connectivity index (χ0) is 20.2. The zero-order valence-electron chi connectivity index (χ0n) is 16.9. The van der Waals surface area contributed by atoms with Crippen LogP contribution in [0.5, 0.6) is 0 Å². The number of para-hydroxylation sites is 1. The second-order valence-corrected chi connectivity index (χ2v) is 8.87. The first-order valence-corrected chi connectivity index (χ1v) is 11.3. The van der Waals surface area contributed by atoms with E-state index in [0.29, 0.717) is 45.2 Å². The fourth-order valence-electron chi connectivity index (χ4n) is 4.27. The Bertz CT molecular complexity index is 829. The molecule has 2 fully saturated rings. The first-order valence-electron chi connectivity index (χ1n) is 10.5. The van der Waals surface area contributed by atoms with E-state index in [0.717, 1.165) is 31.4 Å². The molecule has 156 valence electrons. The molecule has 0 aliphatic carbocycles. The van der Waals surface area contributed by atoms with Crippen molar-refractivity contribution in [2.75, 3.05) is 52.4 Å². The number of quaternary nitrogens is 1. The zero-order valence-corrected chi connectivity index (χ0v) is 17.7. The van der Waals surface area contributed by atoms with Crippen LogP contribution in [-0.4, -0.2) is 79.2 Å². The van der Waals surface area contributed by atoms with Gasteiger partial charge in [0.2, 0.25) is 0 Å². The summed E-state index contributed by atoms with van der Waals surface area (Å²) in [5.41, 5.74) is 1.08. The van der Waals surface area contributed by atoms with Crippen LogP contribution in [-0.2, 0) is 9.53 Å². The van der Waals surface area contributed by atoms with E-state index in [9.17, 15) is 9.59 Å². The van der Waals surface area contributed by atoms with Crippen molar-refractivity contribution >= 4 is 33.6 Å². The smallest absolute Gasteiger partial charge is 0.409 e. The standard InChI is InChI=1S/C21H28N4O3S/c1-2-28-21(27)25-12-10-24(11-13-25)19(26)15-23-9-5-6-16(14-23)20-22-17-7-3-4-8-18(17)29-20/h3-4,7-8,16H,2,5-6,9-15H2,1H3/p+1/t16-/m0/s1. The Kier molecular flexibility index (Phi) is 6.30. The van der Waals surface area contributed by atoms with Gasteiger partial charge < -0.3 is 19.4 Å². The van der Waals surface area contributed by atoms with Gasteiger partial charge in [0, 0.05) is 26.2 Å². The van der Waals surface area contributed by atoms with Crippen molar-refractivity contribution < 1.29 is 19.2 Å². The SMILES string of the molecule is CCOC(=O)N1CCN(C(=O)C[NH+]2CCC[C@H](c3nc4ccccc4s3)C2)CC1. The highest BCUT2D eigenvalue weighted by atomic mass is 32.1. The normalized spacial score (nSPS) is 22.7. The Labute approximate surface area is 175 Å². The number of hydrogen-bond donors (Lipinski definition) is 1. The molecule has 29 heavy (non-hydrogen) atoms. The molecule has 2 atom stereocenters. The number of hydrogen-bond acceptors (Lipinski definition) is 5. The molecular formula is C21H29N4O3S+. The highest BCUT2D eigenvalue weighted by Crippen LogP contribution is 2.30. The summed E-state index contributed by atoms with van der Waals surface area (Å²) < 4.78 is 6.29. The van der Waals surface area contributed by atoms with Gasteiger partial charge in [-0.3, -0.25) is 4.79 Å². The number of benzene rings is 1. The molecule has 1 unspecified atom stereocenters. The Morgan fingerprint density at radius 2 is 1.97 bits per heavy atom. The molecule has 2 aliphatic rings. The number of piperidine rings is 1. The van der Waals surface area contributed by atoms with Crippen LogP contribution in [0.4, 0.5) is 4.79 Å². The summed E-state index contributed by atoms with van der Waals surface area (Å²) >= 11 is 1.79. The second-order valence-electron chi connectivity index (χ2n) is 7.81. The summed E-state index contributed by atoms with van der Waals surface area (Å²) in [4.78, 5) is 34.4. The summed E-state index contributed by atoms with van der Waals surface area (Å²) in [6, 6.07) is 8.29. The predicted molar refractivity (Wildman–Crippen MR) is 112 cm³/mol. The number of rotatable bonds is 4. The molecule has 1 aromatic heterocycles. The summed E-state index contributed by atoms with van der Waals surface area (Å²) in [6.45, 7) is 7.00. The van der Waals surface area contributed by atoms with E-state index in [4.69, 9.17) is 9.72 Å². The van der Waals surface area contributed by atoms with E-state index in [2.05, 4.69) is 18.2 Å². The maximum Gasteiger partial charge on any atom is 0.409 e. The van der Waals surface area contributed by atoms with Crippen molar-refractivity contribution in [2.24, 2.45) is 0 Å². The number of fused-ring (bicyclic) bond motifs is 1. The Hall–Kier alpha value is -2.19.